The third-order valence-corrected chi connectivity index (χ3v) is 6.02. The maximum Gasteiger partial charge on any atom is 0.251 e. The minimum absolute atomic E-state index is 0.0608. The van der Waals surface area contributed by atoms with Crippen molar-refractivity contribution in [2.24, 2.45) is 0 Å². The van der Waals surface area contributed by atoms with Gasteiger partial charge in [-0.15, -0.1) is 0 Å². The van der Waals surface area contributed by atoms with Crippen LogP contribution in [0.25, 0.3) is 0 Å². The lowest BCUT2D eigenvalue weighted by molar-refractivity contribution is 0.0934. The fraction of sp³-hybridized carbons (Fsp3) is 0.409. The van der Waals surface area contributed by atoms with Gasteiger partial charge < -0.3 is 10.1 Å². The molecule has 2 aromatic carbocycles. The summed E-state index contributed by atoms with van der Waals surface area (Å²) in [6.45, 7) is 7.31. The number of sulfonamides is 1. The quantitative estimate of drug-likeness (QED) is 0.677. The number of hydrogen-bond acceptors (Lipinski definition) is 4. The average molecular weight is 419 g/mol. The highest BCUT2D eigenvalue weighted by Gasteiger charge is 2.27. The highest BCUT2D eigenvalue weighted by Crippen LogP contribution is 2.27. The number of rotatable bonds is 8. The molecular formula is C22H30N2O4S. The van der Waals surface area contributed by atoms with E-state index in [4.69, 9.17) is 4.74 Å². The minimum atomic E-state index is -3.86. The van der Waals surface area contributed by atoms with Crippen molar-refractivity contribution < 1.29 is 17.9 Å². The highest BCUT2D eigenvalue weighted by molar-refractivity contribution is 7.89. The Morgan fingerprint density at radius 1 is 1.10 bits per heavy atom. The van der Waals surface area contributed by atoms with Gasteiger partial charge in [0.2, 0.25) is 10.0 Å². The molecule has 7 heteroatoms. The Kier molecular flexibility index (Phi) is 7.43. The molecule has 0 aliphatic rings. The van der Waals surface area contributed by atoms with Gasteiger partial charge in [0, 0.05) is 11.1 Å². The molecule has 2 rings (SSSR count). The van der Waals surface area contributed by atoms with E-state index in [1.807, 2.05) is 30.3 Å². The van der Waals surface area contributed by atoms with Crippen LogP contribution in [0.15, 0.2) is 53.4 Å². The molecule has 0 aliphatic heterocycles. The average Bonchev–Trinajstić information content (AvgIpc) is 2.66. The molecule has 0 saturated carbocycles. The van der Waals surface area contributed by atoms with E-state index in [-0.39, 0.29) is 28.2 Å². The summed E-state index contributed by atoms with van der Waals surface area (Å²) in [7, 11) is -2.46. The van der Waals surface area contributed by atoms with Crippen LogP contribution in [0.5, 0.6) is 5.75 Å². The first-order valence-corrected chi connectivity index (χ1v) is 11.1. The Bertz CT molecular complexity index is 935. The van der Waals surface area contributed by atoms with E-state index in [1.54, 1.807) is 26.8 Å². The molecule has 29 heavy (non-hydrogen) atoms. The fourth-order valence-electron chi connectivity index (χ4n) is 3.02. The summed E-state index contributed by atoms with van der Waals surface area (Å²) >= 11 is 0. The molecule has 2 aromatic rings. The van der Waals surface area contributed by atoms with Crippen molar-refractivity contribution in [3.05, 3.63) is 59.7 Å². The van der Waals surface area contributed by atoms with Gasteiger partial charge in [0.05, 0.1) is 13.2 Å². The third kappa shape index (κ3) is 6.30. The zero-order valence-electron chi connectivity index (χ0n) is 17.7. The predicted molar refractivity (Wildman–Crippen MR) is 115 cm³/mol. The Hall–Kier alpha value is -2.38. The Labute approximate surface area is 173 Å². The van der Waals surface area contributed by atoms with Gasteiger partial charge in [-0.3, -0.25) is 4.79 Å². The molecule has 158 valence electrons. The Morgan fingerprint density at radius 2 is 1.76 bits per heavy atom. The summed E-state index contributed by atoms with van der Waals surface area (Å²) in [5.41, 5.74) is 0.609. The van der Waals surface area contributed by atoms with Crippen molar-refractivity contribution in [1.29, 1.82) is 0 Å². The number of nitrogens with one attached hydrogen (secondary N) is 2. The molecule has 0 saturated heterocycles. The van der Waals surface area contributed by atoms with Gasteiger partial charge in [0.25, 0.3) is 5.91 Å². The monoisotopic (exact) mass is 418 g/mol. The number of benzene rings is 2. The van der Waals surface area contributed by atoms with Crippen molar-refractivity contribution >= 4 is 15.9 Å². The first kappa shape index (κ1) is 22.9. The van der Waals surface area contributed by atoms with E-state index in [0.29, 0.717) is 0 Å². The minimum Gasteiger partial charge on any atom is -0.495 e. The van der Waals surface area contributed by atoms with E-state index in [1.165, 1.54) is 19.2 Å². The number of hydrogen-bond donors (Lipinski definition) is 2. The van der Waals surface area contributed by atoms with Gasteiger partial charge in [0.1, 0.15) is 10.6 Å². The number of carbonyl (C=O) groups excluding carboxylic acids is 1. The molecule has 0 aliphatic carbocycles. The maximum absolute atomic E-state index is 12.9. The number of ether oxygens (including phenoxy) is 1. The topological polar surface area (TPSA) is 84.5 Å². The van der Waals surface area contributed by atoms with E-state index in [2.05, 4.69) is 17.0 Å². The standard InChI is InChI=1S/C22H30N2O4S/c1-6-10-18(16-11-8-7-9-12-16)23-21(25)17-13-14-19(28-5)20(15-17)29(26,27)24-22(2,3)4/h7-9,11-15,18,24H,6,10H2,1-5H3,(H,23,25). The molecule has 0 spiro atoms. The van der Waals surface area contributed by atoms with Crippen LogP contribution >= 0.6 is 0 Å². The van der Waals surface area contributed by atoms with Crippen LogP contribution in [0.4, 0.5) is 0 Å². The van der Waals surface area contributed by atoms with E-state index < -0.39 is 15.6 Å². The smallest absolute Gasteiger partial charge is 0.251 e. The highest BCUT2D eigenvalue weighted by atomic mass is 32.2. The first-order valence-electron chi connectivity index (χ1n) is 9.65. The van der Waals surface area contributed by atoms with Crippen molar-refractivity contribution in [2.45, 2.75) is 57.0 Å². The summed E-state index contributed by atoms with van der Waals surface area (Å²) in [6.07, 6.45) is 1.68. The van der Waals surface area contributed by atoms with Crippen LogP contribution in [0.3, 0.4) is 0 Å². The van der Waals surface area contributed by atoms with Crippen LogP contribution in [0.1, 0.15) is 62.5 Å². The van der Waals surface area contributed by atoms with Gasteiger partial charge in [-0.25, -0.2) is 13.1 Å². The first-order chi connectivity index (χ1) is 13.6. The third-order valence-electron chi connectivity index (χ3n) is 4.24. The summed E-state index contributed by atoms with van der Waals surface area (Å²) in [5, 5.41) is 3.02. The zero-order valence-corrected chi connectivity index (χ0v) is 18.5. The molecule has 2 N–H and O–H groups in total. The molecule has 1 atom stereocenters. The lowest BCUT2D eigenvalue weighted by Gasteiger charge is -2.22. The SMILES string of the molecule is CCCC(NC(=O)c1ccc(OC)c(S(=O)(=O)NC(C)(C)C)c1)c1ccccc1. The maximum atomic E-state index is 12.9. The molecule has 1 unspecified atom stereocenters. The molecule has 0 aromatic heterocycles. The van der Waals surface area contributed by atoms with Crippen LogP contribution in [-0.2, 0) is 10.0 Å². The molecule has 0 heterocycles. The summed E-state index contributed by atoms with van der Waals surface area (Å²) in [4.78, 5) is 12.8. The number of amides is 1. The van der Waals surface area contributed by atoms with Crippen molar-refractivity contribution in [1.82, 2.24) is 10.0 Å². The fourth-order valence-corrected chi connectivity index (χ4v) is 4.64. The second kappa shape index (κ2) is 9.41. The molecule has 0 fully saturated rings. The van der Waals surface area contributed by atoms with Gasteiger partial charge in [0.15, 0.2) is 0 Å². The lowest BCUT2D eigenvalue weighted by atomic mass is 10.0. The normalized spacial score (nSPS) is 13.0. The zero-order chi connectivity index (χ0) is 21.7. The number of methoxy groups -OCH3 is 1. The van der Waals surface area contributed by atoms with Crippen molar-refractivity contribution in [2.75, 3.05) is 7.11 Å². The van der Waals surface area contributed by atoms with E-state index in [0.717, 1.165) is 18.4 Å². The molecule has 6 nitrogen and oxygen atoms in total. The van der Waals surface area contributed by atoms with Crippen molar-refractivity contribution in [3.8, 4) is 5.75 Å². The van der Waals surface area contributed by atoms with Crippen molar-refractivity contribution in [3.63, 3.8) is 0 Å². The lowest BCUT2D eigenvalue weighted by Crippen LogP contribution is -2.40. The second-order valence-corrected chi connectivity index (χ2v) is 9.60. The van der Waals surface area contributed by atoms with Crippen LogP contribution in [0, 0.1) is 0 Å². The van der Waals surface area contributed by atoms with Gasteiger partial charge in [-0.05, 0) is 51.0 Å². The largest absolute Gasteiger partial charge is 0.495 e. The molecule has 1 amide bonds. The predicted octanol–water partition coefficient (Wildman–Crippen LogP) is 4.04. The van der Waals surface area contributed by atoms with Crippen LogP contribution < -0.4 is 14.8 Å². The number of carbonyl (C=O) groups is 1. The van der Waals surface area contributed by atoms with E-state index >= 15 is 0 Å². The molecule has 0 radical (unpaired) electrons. The molecule has 0 bridgehead atoms. The Balaban J connectivity index is 2.36. The summed E-state index contributed by atoms with van der Waals surface area (Å²) in [6, 6.07) is 14.0. The molecular weight excluding hydrogens is 388 g/mol. The van der Waals surface area contributed by atoms with Crippen LogP contribution in [-0.4, -0.2) is 27.0 Å². The van der Waals surface area contributed by atoms with Crippen LogP contribution in [0.2, 0.25) is 0 Å². The van der Waals surface area contributed by atoms with Gasteiger partial charge in [-0.2, -0.15) is 0 Å². The summed E-state index contributed by atoms with van der Waals surface area (Å²) < 4.78 is 33.5. The Morgan fingerprint density at radius 3 is 2.31 bits per heavy atom. The van der Waals surface area contributed by atoms with E-state index in [9.17, 15) is 13.2 Å². The second-order valence-electron chi connectivity index (χ2n) is 7.95. The van der Waals surface area contributed by atoms with Gasteiger partial charge in [-0.1, -0.05) is 43.7 Å². The summed E-state index contributed by atoms with van der Waals surface area (Å²) in [5.74, 6) is -0.145. The van der Waals surface area contributed by atoms with Gasteiger partial charge >= 0.3 is 0 Å².